The van der Waals surface area contributed by atoms with Crippen LogP contribution in [0.3, 0.4) is 0 Å². The van der Waals surface area contributed by atoms with E-state index in [4.69, 9.17) is 0 Å². The highest BCUT2D eigenvalue weighted by atomic mass is 32.2. The minimum atomic E-state index is -3.58. The van der Waals surface area contributed by atoms with Gasteiger partial charge in [-0.3, -0.25) is 0 Å². The summed E-state index contributed by atoms with van der Waals surface area (Å²) in [7, 11) is -6.66. The van der Waals surface area contributed by atoms with Crippen LogP contribution in [0.5, 0.6) is 0 Å². The van der Waals surface area contributed by atoms with Gasteiger partial charge in [0.15, 0.2) is 9.84 Å². The molecule has 0 atom stereocenters. The second-order valence-electron chi connectivity index (χ2n) is 4.80. The molecule has 7 heteroatoms. The highest BCUT2D eigenvalue weighted by Crippen LogP contribution is 2.20. The van der Waals surface area contributed by atoms with Gasteiger partial charge in [-0.05, 0) is 37.1 Å². The average Bonchev–Trinajstić information content (AvgIpc) is 2.32. The molecule has 0 N–H and O–H groups in total. The van der Waals surface area contributed by atoms with E-state index in [-0.39, 0.29) is 29.5 Å². The Morgan fingerprint density at radius 2 is 1.63 bits per heavy atom. The number of sulfonamides is 1. The molecule has 1 aliphatic rings. The third-order valence-electron chi connectivity index (χ3n) is 3.42. The molecule has 2 rings (SSSR count). The van der Waals surface area contributed by atoms with E-state index in [1.165, 1.54) is 4.31 Å². The van der Waals surface area contributed by atoms with Gasteiger partial charge >= 0.3 is 0 Å². The van der Waals surface area contributed by atoms with Gasteiger partial charge in [0.1, 0.15) is 0 Å². The average molecular weight is 303 g/mol. The zero-order valence-electron chi connectivity index (χ0n) is 11.0. The van der Waals surface area contributed by atoms with Crippen LogP contribution >= 0.6 is 0 Å². The topological polar surface area (TPSA) is 71.5 Å². The SMILES string of the molecule is Cc1ccc(S(=O)(=O)N2CCS(=O)(=O)CC2)cc1C. The maximum atomic E-state index is 12.4. The van der Waals surface area contributed by atoms with Crippen molar-refractivity contribution in [1.29, 1.82) is 0 Å². The summed E-state index contributed by atoms with van der Waals surface area (Å²) in [5.41, 5.74) is 1.94. The molecule has 0 bridgehead atoms. The van der Waals surface area contributed by atoms with Crippen molar-refractivity contribution in [2.45, 2.75) is 18.7 Å². The minimum Gasteiger partial charge on any atom is -0.229 e. The quantitative estimate of drug-likeness (QED) is 0.807. The highest BCUT2D eigenvalue weighted by molar-refractivity contribution is 7.92. The van der Waals surface area contributed by atoms with Crippen molar-refractivity contribution in [1.82, 2.24) is 4.31 Å². The first kappa shape index (κ1) is 14.5. The van der Waals surface area contributed by atoms with Crippen LogP contribution in [0.4, 0.5) is 0 Å². The largest absolute Gasteiger partial charge is 0.243 e. The van der Waals surface area contributed by atoms with Gasteiger partial charge in [0.2, 0.25) is 10.0 Å². The Bertz CT molecular complexity index is 678. The summed E-state index contributed by atoms with van der Waals surface area (Å²) in [5.74, 6) is -0.200. The fraction of sp³-hybridized carbons (Fsp3) is 0.500. The summed E-state index contributed by atoms with van der Waals surface area (Å²) < 4.78 is 48.7. The van der Waals surface area contributed by atoms with Gasteiger partial charge in [-0.2, -0.15) is 4.31 Å². The fourth-order valence-electron chi connectivity index (χ4n) is 1.96. The van der Waals surface area contributed by atoms with E-state index in [0.29, 0.717) is 0 Å². The minimum absolute atomic E-state index is 0.0393. The van der Waals surface area contributed by atoms with Crippen molar-refractivity contribution in [3.05, 3.63) is 29.3 Å². The van der Waals surface area contributed by atoms with Gasteiger partial charge in [0.05, 0.1) is 16.4 Å². The van der Waals surface area contributed by atoms with Gasteiger partial charge in [-0.25, -0.2) is 16.8 Å². The van der Waals surface area contributed by atoms with Crippen LogP contribution in [0.2, 0.25) is 0 Å². The molecular weight excluding hydrogens is 286 g/mol. The van der Waals surface area contributed by atoms with Crippen molar-refractivity contribution in [2.75, 3.05) is 24.6 Å². The highest BCUT2D eigenvalue weighted by Gasteiger charge is 2.31. The molecule has 19 heavy (non-hydrogen) atoms. The lowest BCUT2D eigenvalue weighted by Gasteiger charge is -2.26. The predicted octanol–water partition coefficient (Wildman–Crippen LogP) is 0.723. The molecule has 1 heterocycles. The van der Waals surface area contributed by atoms with E-state index in [9.17, 15) is 16.8 Å². The van der Waals surface area contributed by atoms with Crippen LogP contribution in [0.25, 0.3) is 0 Å². The lowest BCUT2D eigenvalue weighted by atomic mass is 10.1. The molecule has 1 aromatic rings. The molecule has 1 fully saturated rings. The van der Waals surface area contributed by atoms with E-state index in [0.717, 1.165) is 11.1 Å². The normalized spacial score (nSPS) is 20.3. The third-order valence-corrected chi connectivity index (χ3v) is 6.92. The number of hydrogen-bond acceptors (Lipinski definition) is 4. The van der Waals surface area contributed by atoms with Crippen molar-refractivity contribution >= 4 is 19.9 Å². The number of rotatable bonds is 2. The van der Waals surface area contributed by atoms with Crippen LogP contribution in [0, 0.1) is 13.8 Å². The zero-order valence-corrected chi connectivity index (χ0v) is 12.6. The first-order valence-corrected chi connectivity index (χ1v) is 9.26. The Labute approximate surface area is 114 Å². The summed E-state index contributed by atoms with van der Waals surface area (Å²) in [4.78, 5) is 0.231. The first-order valence-electron chi connectivity index (χ1n) is 6.00. The number of benzene rings is 1. The van der Waals surface area contributed by atoms with Crippen LogP contribution < -0.4 is 0 Å². The van der Waals surface area contributed by atoms with Crippen molar-refractivity contribution in [3.63, 3.8) is 0 Å². The number of aryl methyl sites for hydroxylation is 2. The molecule has 1 aromatic carbocycles. The van der Waals surface area contributed by atoms with Gasteiger partial charge in [0.25, 0.3) is 0 Å². The monoisotopic (exact) mass is 303 g/mol. The molecule has 0 radical (unpaired) electrons. The Hall–Kier alpha value is -0.920. The van der Waals surface area contributed by atoms with Crippen LogP contribution in [-0.2, 0) is 19.9 Å². The van der Waals surface area contributed by atoms with E-state index in [2.05, 4.69) is 0 Å². The van der Waals surface area contributed by atoms with Gasteiger partial charge < -0.3 is 0 Å². The molecule has 0 unspecified atom stereocenters. The molecule has 0 aliphatic carbocycles. The van der Waals surface area contributed by atoms with Crippen molar-refractivity contribution in [3.8, 4) is 0 Å². The maximum absolute atomic E-state index is 12.4. The summed E-state index contributed by atoms with van der Waals surface area (Å²) in [5, 5.41) is 0. The Kier molecular flexibility index (Phi) is 3.72. The number of sulfone groups is 1. The fourth-order valence-corrected chi connectivity index (χ4v) is 4.92. The van der Waals surface area contributed by atoms with Gasteiger partial charge in [-0.15, -0.1) is 0 Å². The molecule has 106 valence electrons. The molecule has 0 amide bonds. The van der Waals surface area contributed by atoms with Crippen LogP contribution in [0.15, 0.2) is 23.1 Å². The Balaban J connectivity index is 2.30. The van der Waals surface area contributed by atoms with Crippen LogP contribution in [-0.4, -0.2) is 45.7 Å². The van der Waals surface area contributed by atoms with Crippen molar-refractivity contribution < 1.29 is 16.8 Å². The standard InChI is InChI=1S/C12H17NO4S2/c1-10-3-4-12(9-11(10)2)19(16,17)13-5-7-18(14,15)8-6-13/h3-4,9H,5-8H2,1-2H3. The lowest BCUT2D eigenvalue weighted by molar-refractivity contribution is 0.430. The van der Waals surface area contributed by atoms with E-state index < -0.39 is 19.9 Å². The van der Waals surface area contributed by atoms with Crippen LogP contribution in [0.1, 0.15) is 11.1 Å². The summed E-state index contributed by atoms with van der Waals surface area (Å²) >= 11 is 0. The first-order chi connectivity index (χ1) is 8.72. The zero-order chi connectivity index (χ0) is 14.3. The molecule has 1 aliphatic heterocycles. The molecule has 0 aromatic heterocycles. The maximum Gasteiger partial charge on any atom is 0.243 e. The Morgan fingerprint density at radius 3 is 2.16 bits per heavy atom. The second-order valence-corrected chi connectivity index (χ2v) is 9.04. The number of nitrogens with zero attached hydrogens (tertiary/aromatic N) is 1. The van der Waals surface area contributed by atoms with E-state index >= 15 is 0 Å². The summed E-state index contributed by atoms with van der Waals surface area (Å²) in [6.07, 6.45) is 0. The smallest absolute Gasteiger partial charge is 0.229 e. The molecule has 5 nitrogen and oxygen atoms in total. The van der Waals surface area contributed by atoms with Gasteiger partial charge in [0, 0.05) is 13.1 Å². The second kappa shape index (κ2) is 4.88. The summed E-state index contributed by atoms with van der Waals surface area (Å²) in [6.45, 7) is 3.85. The molecule has 0 saturated carbocycles. The lowest BCUT2D eigenvalue weighted by Crippen LogP contribution is -2.43. The van der Waals surface area contributed by atoms with E-state index in [1.807, 2.05) is 13.8 Å². The number of hydrogen-bond donors (Lipinski definition) is 0. The van der Waals surface area contributed by atoms with Crippen molar-refractivity contribution in [2.24, 2.45) is 0 Å². The van der Waals surface area contributed by atoms with E-state index in [1.54, 1.807) is 18.2 Å². The molecule has 0 spiro atoms. The third kappa shape index (κ3) is 2.98. The summed E-state index contributed by atoms with van der Waals surface area (Å²) in [6, 6.07) is 4.97. The predicted molar refractivity (Wildman–Crippen MR) is 73.3 cm³/mol. The van der Waals surface area contributed by atoms with Gasteiger partial charge in [-0.1, -0.05) is 6.07 Å². The molecule has 1 saturated heterocycles. The molecular formula is C12H17NO4S2. The Morgan fingerprint density at radius 1 is 1.05 bits per heavy atom.